The van der Waals surface area contributed by atoms with Gasteiger partial charge >= 0.3 is 5.97 Å². The van der Waals surface area contributed by atoms with Crippen molar-refractivity contribution >= 4 is 17.6 Å². The molecular formula is C9H6ClFO2. The highest BCUT2D eigenvalue weighted by Crippen LogP contribution is 2.11. The molecule has 0 heterocycles. The lowest BCUT2D eigenvalue weighted by Crippen LogP contribution is -2.07. The predicted octanol–water partition coefficient (Wildman–Crippen LogP) is 2.64. The fraction of sp³-hybridized carbons (Fsp3) is 0. The van der Waals surface area contributed by atoms with Gasteiger partial charge in [-0.1, -0.05) is 29.8 Å². The van der Waals surface area contributed by atoms with E-state index in [4.69, 9.17) is 11.6 Å². The van der Waals surface area contributed by atoms with Crippen LogP contribution in [0.4, 0.5) is 4.39 Å². The van der Waals surface area contributed by atoms with Gasteiger partial charge in [0.15, 0.2) is 0 Å². The van der Waals surface area contributed by atoms with Crippen molar-refractivity contribution in [3.05, 3.63) is 41.7 Å². The SMILES string of the molecule is O=C(Oc1ccccc1)/C(F)=C/Cl. The number of benzene rings is 1. The Labute approximate surface area is 79.6 Å². The average Bonchev–Trinajstić information content (AvgIpc) is 2.18. The number of halogens is 2. The third-order valence-corrected chi connectivity index (χ3v) is 1.44. The Morgan fingerprint density at radius 3 is 2.54 bits per heavy atom. The molecule has 0 unspecified atom stereocenters. The molecule has 0 aliphatic rings. The third kappa shape index (κ3) is 2.87. The Morgan fingerprint density at radius 2 is 2.00 bits per heavy atom. The van der Waals surface area contributed by atoms with E-state index >= 15 is 0 Å². The van der Waals surface area contributed by atoms with Gasteiger partial charge in [0, 0.05) is 5.54 Å². The molecule has 0 saturated heterocycles. The maximum absolute atomic E-state index is 12.5. The van der Waals surface area contributed by atoms with Crippen LogP contribution in [0, 0.1) is 0 Å². The van der Waals surface area contributed by atoms with E-state index in [0.717, 1.165) is 0 Å². The third-order valence-electron chi connectivity index (χ3n) is 1.24. The molecule has 0 spiro atoms. The summed E-state index contributed by atoms with van der Waals surface area (Å²) in [5.41, 5.74) is 0.533. The van der Waals surface area contributed by atoms with Crippen molar-refractivity contribution in [3.8, 4) is 5.75 Å². The van der Waals surface area contributed by atoms with E-state index in [1.165, 1.54) is 0 Å². The molecule has 0 atom stereocenters. The van der Waals surface area contributed by atoms with E-state index in [1.54, 1.807) is 30.3 Å². The molecule has 0 radical (unpaired) electrons. The zero-order chi connectivity index (χ0) is 9.68. The second-order valence-corrected chi connectivity index (χ2v) is 2.38. The predicted molar refractivity (Wildman–Crippen MR) is 47.1 cm³/mol. The molecule has 1 aromatic rings. The summed E-state index contributed by atoms with van der Waals surface area (Å²) in [5.74, 6) is -1.94. The van der Waals surface area contributed by atoms with Gasteiger partial charge in [-0.15, -0.1) is 0 Å². The van der Waals surface area contributed by atoms with E-state index in [1.807, 2.05) is 0 Å². The fourth-order valence-corrected chi connectivity index (χ4v) is 0.778. The van der Waals surface area contributed by atoms with Gasteiger partial charge in [-0.05, 0) is 12.1 Å². The topological polar surface area (TPSA) is 26.3 Å². The molecule has 0 aliphatic carbocycles. The first kappa shape index (κ1) is 9.74. The van der Waals surface area contributed by atoms with Crippen molar-refractivity contribution < 1.29 is 13.9 Å². The van der Waals surface area contributed by atoms with Crippen molar-refractivity contribution in [1.29, 1.82) is 0 Å². The number of hydrogen-bond donors (Lipinski definition) is 0. The molecule has 4 heteroatoms. The lowest BCUT2D eigenvalue weighted by molar-refractivity contribution is -0.131. The van der Waals surface area contributed by atoms with Gasteiger partial charge in [0.25, 0.3) is 0 Å². The first-order chi connectivity index (χ1) is 6.24. The van der Waals surface area contributed by atoms with E-state index < -0.39 is 11.8 Å². The lowest BCUT2D eigenvalue weighted by atomic mass is 10.3. The van der Waals surface area contributed by atoms with Gasteiger partial charge in [0.1, 0.15) is 5.75 Å². The maximum atomic E-state index is 12.5. The molecule has 0 aromatic heterocycles. The summed E-state index contributed by atoms with van der Waals surface area (Å²) in [6, 6.07) is 8.18. The molecule has 0 N–H and O–H groups in total. The van der Waals surface area contributed by atoms with Gasteiger partial charge in [0.2, 0.25) is 5.83 Å². The number of carbonyl (C=O) groups excluding carboxylic acids is 1. The van der Waals surface area contributed by atoms with Crippen molar-refractivity contribution in [2.45, 2.75) is 0 Å². The van der Waals surface area contributed by atoms with Crippen molar-refractivity contribution in [3.63, 3.8) is 0 Å². The number of ether oxygens (including phenoxy) is 1. The minimum atomic E-state index is -1.12. The number of rotatable bonds is 2. The molecule has 0 amide bonds. The molecule has 68 valence electrons. The summed E-state index contributed by atoms with van der Waals surface area (Å²) >= 11 is 4.98. The first-order valence-electron chi connectivity index (χ1n) is 3.47. The molecule has 0 aliphatic heterocycles. The van der Waals surface area contributed by atoms with Crippen molar-refractivity contribution in [2.75, 3.05) is 0 Å². The Morgan fingerprint density at radius 1 is 1.38 bits per heavy atom. The largest absolute Gasteiger partial charge is 0.421 e. The minimum absolute atomic E-state index is 0.279. The van der Waals surface area contributed by atoms with Crippen LogP contribution in [0.2, 0.25) is 0 Å². The van der Waals surface area contributed by atoms with Crippen LogP contribution in [0.25, 0.3) is 0 Å². The van der Waals surface area contributed by atoms with Gasteiger partial charge in [-0.25, -0.2) is 4.79 Å². The van der Waals surface area contributed by atoms with Crippen LogP contribution in [0.15, 0.2) is 41.7 Å². The van der Waals surface area contributed by atoms with E-state index in [-0.39, 0.29) is 5.75 Å². The zero-order valence-electron chi connectivity index (χ0n) is 6.54. The summed E-state index contributed by atoms with van der Waals surface area (Å²) in [6.45, 7) is 0. The van der Waals surface area contributed by atoms with Crippen LogP contribution < -0.4 is 4.74 Å². The van der Waals surface area contributed by atoms with Crippen LogP contribution in [-0.2, 0) is 4.79 Å². The molecule has 0 saturated carbocycles. The molecule has 0 fully saturated rings. The summed E-state index contributed by atoms with van der Waals surface area (Å²) in [4.78, 5) is 10.8. The number of para-hydroxylation sites is 1. The summed E-state index contributed by atoms with van der Waals surface area (Å²) in [5, 5.41) is 0. The van der Waals surface area contributed by atoms with Gasteiger partial charge in [-0.2, -0.15) is 4.39 Å². The number of carbonyl (C=O) groups is 1. The van der Waals surface area contributed by atoms with Crippen molar-refractivity contribution in [1.82, 2.24) is 0 Å². The molecular weight excluding hydrogens is 195 g/mol. The van der Waals surface area contributed by atoms with Crippen molar-refractivity contribution in [2.24, 2.45) is 0 Å². The molecule has 0 bridgehead atoms. The Kier molecular flexibility index (Phi) is 3.46. The lowest BCUT2D eigenvalue weighted by Gasteiger charge is -2.00. The maximum Gasteiger partial charge on any atom is 0.373 e. The Hall–Kier alpha value is -1.35. The van der Waals surface area contributed by atoms with Crippen LogP contribution >= 0.6 is 11.6 Å². The normalized spacial score (nSPS) is 11.1. The summed E-state index contributed by atoms with van der Waals surface area (Å²) in [7, 11) is 0. The second-order valence-electron chi connectivity index (χ2n) is 2.16. The van der Waals surface area contributed by atoms with E-state index in [9.17, 15) is 9.18 Å². The molecule has 2 nitrogen and oxygen atoms in total. The fourth-order valence-electron chi connectivity index (χ4n) is 0.689. The second kappa shape index (κ2) is 4.62. The minimum Gasteiger partial charge on any atom is -0.421 e. The molecule has 1 aromatic carbocycles. The van der Waals surface area contributed by atoms with Crippen LogP contribution in [0.3, 0.4) is 0 Å². The van der Waals surface area contributed by atoms with Crippen LogP contribution in [0.1, 0.15) is 0 Å². The summed E-state index contributed by atoms with van der Waals surface area (Å²) in [6.07, 6.45) is 0. The Balaban J connectivity index is 2.66. The quantitative estimate of drug-likeness (QED) is 0.417. The zero-order valence-corrected chi connectivity index (χ0v) is 7.29. The average molecular weight is 201 g/mol. The highest BCUT2D eigenvalue weighted by atomic mass is 35.5. The number of esters is 1. The smallest absolute Gasteiger partial charge is 0.373 e. The van der Waals surface area contributed by atoms with E-state index in [2.05, 4.69) is 4.74 Å². The molecule has 1 rings (SSSR count). The number of hydrogen-bond acceptors (Lipinski definition) is 2. The standard InChI is InChI=1S/C9H6ClFO2/c10-6-8(11)9(12)13-7-4-2-1-3-5-7/h1-6H/b8-6-. The van der Waals surface area contributed by atoms with Crippen LogP contribution in [-0.4, -0.2) is 5.97 Å². The Bertz CT molecular complexity index is 322. The summed E-state index contributed by atoms with van der Waals surface area (Å²) < 4.78 is 17.1. The van der Waals surface area contributed by atoms with E-state index in [0.29, 0.717) is 5.54 Å². The van der Waals surface area contributed by atoms with Crippen LogP contribution in [0.5, 0.6) is 5.75 Å². The first-order valence-corrected chi connectivity index (χ1v) is 3.91. The van der Waals surface area contributed by atoms with Gasteiger partial charge < -0.3 is 4.74 Å². The highest BCUT2D eigenvalue weighted by Gasteiger charge is 2.09. The molecule has 13 heavy (non-hydrogen) atoms. The van der Waals surface area contributed by atoms with Gasteiger partial charge in [0.05, 0.1) is 0 Å². The monoisotopic (exact) mass is 200 g/mol. The highest BCUT2D eigenvalue weighted by molar-refractivity contribution is 6.27. The van der Waals surface area contributed by atoms with Gasteiger partial charge in [-0.3, -0.25) is 0 Å².